The Morgan fingerprint density at radius 2 is 2.36 bits per heavy atom. The summed E-state index contributed by atoms with van der Waals surface area (Å²) in [5.41, 5.74) is 0. The van der Waals surface area contributed by atoms with Crippen molar-refractivity contribution >= 4 is 23.3 Å². The molecule has 1 aromatic heterocycles. The van der Waals surface area contributed by atoms with Gasteiger partial charge in [0.2, 0.25) is 5.91 Å². The molecular weight excluding hydrogens is 200 g/mol. The van der Waals surface area contributed by atoms with E-state index in [9.17, 15) is 4.79 Å². The molecule has 0 bridgehead atoms. The molecule has 0 fully saturated rings. The highest BCUT2D eigenvalue weighted by molar-refractivity contribution is 6.33. The van der Waals surface area contributed by atoms with E-state index in [4.69, 9.17) is 11.6 Å². The average molecular weight is 213 g/mol. The van der Waals surface area contributed by atoms with Gasteiger partial charge in [0.25, 0.3) is 0 Å². The van der Waals surface area contributed by atoms with Crippen molar-refractivity contribution in [1.82, 2.24) is 4.98 Å². The van der Waals surface area contributed by atoms with E-state index < -0.39 is 0 Å². The number of aromatic nitrogens is 1. The minimum atomic E-state index is -0.0550. The third kappa shape index (κ3) is 3.34. The Labute approximate surface area is 88.5 Å². The van der Waals surface area contributed by atoms with E-state index in [1.165, 1.54) is 0 Å². The van der Waals surface area contributed by atoms with Crippen molar-refractivity contribution in [3.05, 3.63) is 23.4 Å². The van der Waals surface area contributed by atoms with Gasteiger partial charge in [-0.05, 0) is 18.1 Å². The lowest BCUT2D eigenvalue weighted by Crippen LogP contribution is -2.14. The highest BCUT2D eigenvalue weighted by Crippen LogP contribution is 2.17. The minimum Gasteiger partial charge on any atom is -0.309 e. The number of halogens is 1. The lowest BCUT2D eigenvalue weighted by atomic mass is 10.1. The maximum absolute atomic E-state index is 11.4. The fourth-order valence-electron chi connectivity index (χ4n) is 1.03. The van der Waals surface area contributed by atoms with Crippen LogP contribution in [0.25, 0.3) is 0 Å². The Bertz CT molecular complexity index is 326. The van der Waals surface area contributed by atoms with Crippen LogP contribution in [0.1, 0.15) is 20.3 Å². The minimum absolute atomic E-state index is 0.0550. The number of carbonyl (C=O) groups is 1. The van der Waals surface area contributed by atoms with E-state index in [0.29, 0.717) is 23.2 Å². The number of hydrogen-bond acceptors (Lipinski definition) is 2. The highest BCUT2D eigenvalue weighted by atomic mass is 35.5. The van der Waals surface area contributed by atoms with Crippen LogP contribution < -0.4 is 5.32 Å². The molecule has 1 amide bonds. The highest BCUT2D eigenvalue weighted by Gasteiger charge is 2.07. The predicted molar refractivity (Wildman–Crippen MR) is 57.3 cm³/mol. The van der Waals surface area contributed by atoms with Gasteiger partial charge in [-0.25, -0.2) is 4.98 Å². The smallest absolute Gasteiger partial charge is 0.225 e. The number of anilines is 1. The van der Waals surface area contributed by atoms with Crippen LogP contribution in [0.5, 0.6) is 0 Å². The Balaban J connectivity index is 2.61. The van der Waals surface area contributed by atoms with Crippen molar-refractivity contribution in [1.29, 1.82) is 0 Å². The summed E-state index contributed by atoms with van der Waals surface area (Å²) < 4.78 is 0. The lowest BCUT2D eigenvalue weighted by Gasteiger charge is -2.06. The molecule has 0 aliphatic carbocycles. The van der Waals surface area contributed by atoms with Crippen molar-refractivity contribution < 1.29 is 4.79 Å². The van der Waals surface area contributed by atoms with Gasteiger partial charge < -0.3 is 5.32 Å². The van der Waals surface area contributed by atoms with Crippen LogP contribution in [0.2, 0.25) is 5.02 Å². The van der Waals surface area contributed by atoms with Crippen molar-refractivity contribution in [2.75, 3.05) is 5.32 Å². The lowest BCUT2D eigenvalue weighted by molar-refractivity contribution is -0.116. The van der Waals surface area contributed by atoms with Crippen molar-refractivity contribution in [3.8, 4) is 0 Å². The fourth-order valence-corrected chi connectivity index (χ4v) is 1.20. The Kier molecular flexibility index (Phi) is 3.89. The van der Waals surface area contributed by atoms with Crippen LogP contribution in [0, 0.1) is 5.92 Å². The first-order valence-corrected chi connectivity index (χ1v) is 4.87. The molecule has 0 aliphatic rings. The maximum atomic E-state index is 11.4. The molecule has 0 aromatic carbocycles. The summed E-state index contributed by atoms with van der Waals surface area (Å²) in [5, 5.41) is 3.12. The molecule has 1 N–H and O–H groups in total. The molecule has 0 aliphatic heterocycles. The molecule has 1 aromatic rings. The summed E-state index contributed by atoms with van der Waals surface area (Å²) in [4.78, 5) is 15.3. The molecule has 0 saturated heterocycles. The third-order valence-electron chi connectivity index (χ3n) is 1.61. The predicted octanol–water partition coefficient (Wildman–Crippen LogP) is 2.72. The van der Waals surface area contributed by atoms with E-state index in [1.807, 2.05) is 13.8 Å². The molecule has 0 atom stereocenters. The Hall–Kier alpha value is -1.09. The van der Waals surface area contributed by atoms with Crippen molar-refractivity contribution in [2.24, 2.45) is 5.92 Å². The van der Waals surface area contributed by atoms with E-state index >= 15 is 0 Å². The number of nitrogens with zero attached hydrogens (tertiary/aromatic N) is 1. The zero-order valence-electron chi connectivity index (χ0n) is 8.25. The van der Waals surface area contributed by atoms with Gasteiger partial charge >= 0.3 is 0 Å². The Morgan fingerprint density at radius 3 is 2.93 bits per heavy atom. The summed E-state index contributed by atoms with van der Waals surface area (Å²) in [5.74, 6) is 0.706. The van der Waals surface area contributed by atoms with E-state index in [-0.39, 0.29) is 5.91 Å². The molecule has 76 valence electrons. The number of carbonyl (C=O) groups excluding carboxylic acids is 1. The maximum Gasteiger partial charge on any atom is 0.225 e. The first kappa shape index (κ1) is 11.0. The van der Waals surface area contributed by atoms with Gasteiger partial charge in [0, 0.05) is 12.6 Å². The summed E-state index contributed by atoms with van der Waals surface area (Å²) in [7, 11) is 0. The van der Waals surface area contributed by atoms with E-state index in [2.05, 4.69) is 10.3 Å². The zero-order chi connectivity index (χ0) is 10.6. The van der Waals surface area contributed by atoms with Crippen LogP contribution in [-0.2, 0) is 4.79 Å². The van der Waals surface area contributed by atoms with Gasteiger partial charge in [0.1, 0.15) is 0 Å². The molecule has 1 heterocycles. The SMILES string of the molecule is CC(C)CC(=O)Nc1ncccc1Cl. The average Bonchev–Trinajstić information content (AvgIpc) is 2.07. The van der Waals surface area contributed by atoms with E-state index in [1.54, 1.807) is 18.3 Å². The molecule has 0 spiro atoms. The van der Waals surface area contributed by atoms with Crippen LogP contribution in [0.3, 0.4) is 0 Å². The molecule has 1 rings (SSSR count). The van der Waals surface area contributed by atoms with Gasteiger partial charge in [-0.3, -0.25) is 4.79 Å². The van der Waals surface area contributed by atoms with Crippen LogP contribution in [0.4, 0.5) is 5.82 Å². The quantitative estimate of drug-likeness (QED) is 0.837. The second-order valence-corrected chi connectivity index (χ2v) is 3.89. The van der Waals surface area contributed by atoms with Crippen LogP contribution in [-0.4, -0.2) is 10.9 Å². The number of nitrogens with one attached hydrogen (secondary N) is 1. The standard InChI is InChI=1S/C10H13ClN2O/c1-7(2)6-9(14)13-10-8(11)4-3-5-12-10/h3-5,7H,6H2,1-2H3,(H,12,13,14). The summed E-state index contributed by atoms with van der Waals surface area (Å²) in [6.07, 6.45) is 2.07. The second kappa shape index (κ2) is 4.96. The van der Waals surface area contributed by atoms with E-state index in [0.717, 1.165) is 0 Å². The fraction of sp³-hybridized carbons (Fsp3) is 0.400. The summed E-state index contributed by atoms with van der Waals surface area (Å²) >= 11 is 5.83. The van der Waals surface area contributed by atoms with Gasteiger partial charge in [0.15, 0.2) is 5.82 Å². The topological polar surface area (TPSA) is 42.0 Å². The second-order valence-electron chi connectivity index (χ2n) is 3.48. The number of pyridine rings is 1. The Morgan fingerprint density at radius 1 is 1.64 bits per heavy atom. The molecule has 3 nitrogen and oxygen atoms in total. The third-order valence-corrected chi connectivity index (χ3v) is 1.91. The first-order valence-electron chi connectivity index (χ1n) is 4.50. The summed E-state index contributed by atoms with van der Waals surface area (Å²) in [6, 6.07) is 3.42. The largest absolute Gasteiger partial charge is 0.309 e. The number of hydrogen-bond donors (Lipinski definition) is 1. The van der Waals surface area contributed by atoms with Gasteiger partial charge in [-0.15, -0.1) is 0 Å². The molecule has 14 heavy (non-hydrogen) atoms. The van der Waals surface area contributed by atoms with Gasteiger partial charge in [-0.2, -0.15) is 0 Å². The zero-order valence-corrected chi connectivity index (χ0v) is 9.01. The van der Waals surface area contributed by atoms with Gasteiger partial charge in [-0.1, -0.05) is 25.4 Å². The number of rotatable bonds is 3. The van der Waals surface area contributed by atoms with Gasteiger partial charge in [0.05, 0.1) is 5.02 Å². The van der Waals surface area contributed by atoms with Crippen molar-refractivity contribution in [2.45, 2.75) is 20.3 Å². The molecule has 0 radical (unpaired) electrons. The normalized spacial score (nSPS) is 10.3. The van der Waals surface area contributed by atoms with Crippen LogP contribution in [0.15, 0.2) is 18.3 Å². The molecule has 4 heteroatoms. The molecule has 0 unspecified atom stereocenters. The molecule has 0 saturated carbocycles. The van der Waals surface area contributed by atoms with Crippen molar-refractivity contribution in [3.63, 3.8) is 0 Å². The monoisotopic (exact) mass is 212 g/mol. The first-order chi connectivity index (χ1) is 6.59. The van der Waals surface area contributed by atoms with Crippen LogP contribution >= 0.6 is 11.6 Å². The summed E-state index contributed by atoms with van der Waals surface area (Å²) in [6.45, 7) is 3.97. The number of amides is 1. The molecular formula is C10H13ClN2O.